The highest BCUT2D eigenvalue weighted by Gasteiger charge is 2.78. The summed E-state index contributed by atoms with van der Waals surface area (Å²) in [4.78, 5) is 60.9. The lowest BCUT2D eigenvalue weighted by Gasteiger charge is -2.41. The number of benzene rings is 3. The van der Waals surface area contributed by atoms with Crippen LogP contribution in [0.4, 0.5) is 5.69 Å². The summed E-state index contributed by atoms with van der Waals surface area (Å²) < 4.78 is 18.7. The number of nitrogens with zero attached hydrogens (tertiary/aromatic N) is 2. The number of carbonyl (C=O) groups excluding carboxylic acids is 4. The zero-order chi connectivity index (χ0) is 40.1. The van der Waals surface area contributed by atoms with Crippen LogP contribution in [0.25, 0.3) is 10.8 Å². The predicted octanol–water partition coefficient (Wildman–Crippen LogP) is 5.90. The van der Waals surface area contributed by atoms with E-state index in [1.165, 1.54) is 12.0 Å². The molecule has 3 fully saturated rings. The van der Waals surface area contributed by atoms with Gasteiger partial charge in [-0.15, -0.1) is 13.2 Å². The third-order valence-electron chi connectivity index (χ3n) is 11.7. The van der Waals surface area contributed by atoms with Crippen molar-refractivity contribution in [2.45, 2.75) is 80.3 Å². The van der Waals surface area contributed by atoms with Gasteiger partial charge in [0.2, 0.25) is 11.8 Å². The number of hydrogen-bond donors (Lipinski definition) is 2. The number of nitrogens with one attached hydrogen (secondary N) is 1. The number of methoxy groups -OCH3 is 1. The molecule has 3 aromatic carbocycles. The predicted molar refractivity (Wildman–Crippen MR) is 218 cm³/mol. The van der Waals surface area contributed by atoms with Crippen molar-refractivity contribution in [3.63, 3.8) is 0 Å². The molecule has 0 saturated carbocycles. The molecule has 0 aliphatic carbocycles. The number of carbonyl (C=O) groups is 4. The number of allylic oxidation sites excluding steroid dienone is 1. The van der Waals surface area contributed by atoms with Gasteiger partial charge in [0, 0.05) is 30.6 Å². The van der Waals surface area contributed by atoms with Crippen LogP contribution in [0.3, 0.4) is 0 Å². The van der Waals surface area contributed by atoms with Gasteiger partial charge in [0.05, 0.1) is 43.2 Å². The van der Waals surface area contributed by atoms with Crippen molar-refractivity contribution in [3.05, 3.63) is 104 Å². The standard InChI is InChI=1S/C44H52BrN3O8/c1-6-9-19-35(50)46-33(26-54-5)38(29-16-11-10-12-17-29)55-43(53)36-37-41(51)48(34(25-49)27(4)8-3)40(44(37)24-32(45)39(36)56-44)42(52)47(22-7-2)31-21-20-28-15-13-14-18-30(28)23-31/h6-7,10-18,20-21,23,27,32-34,36-40,49H,1-2,8-9,19,22,24-26H2,3-5H3,(H,46,50)/t27-,32?,33+,34-,36+,37-,38+,39+,40+,44-/m0/s1. The summed E-state index contributed by atoms with van der Waals surface area (Å²) in [6.07, 6.45) is 3.08. The molecule has 10 atom stereocenters. The smallest absolute Gasteiger partial charge is 0.313 e. The molecule has 1 spiro atoms. The first kappa shape index (κ1) is 41.3. The van der Waals surface area contributed by atoms with E-state index in [0.717, 1.165) is 10.8 Å². The van der Waals surface area contributed by atoms with E-state index in [1.807, 2.05) is 74.5 Å². The van der Waals surface area contributed by atoms with E-state index in [9.17, 15) is 14.7 Å². The molecule has 0 radical (unpaired) electrons. The Kier molecular flexibility index (Phi) is 13.1. The van der Waals surface area contributed by atoms with Crippen LogP contribution in [0, 0.1) is 17.8 Å². The minimum Gasteiger partial charge on any atom is -0.455 e. The van der Waals surface area contributed by atoms with Crippen LogP contribution in [0.5, 0.6) is 0 Å². The Balaban J connectivity index is 1.41. The van der Waals surface area contributed by atoms with Gasteiger partial charge in [-0.25, -0.2) is 0 Å². The Bertz CT molecular complexity index is 1930. The van der Waals surface area contributed by atoms with E-state index < -0.39 is 70.4 Å². The number of esters is 1. The Labute approximate surface area is 337 Å². The number of ether oxygens (including phenoxy) is 3. The average Bonchev–Trinajstić information content (AvgIpc) is 3.81. The van der Waals surface area contributed by atoms with Crippen LogP contribution in [-0.2, 0) is 33.4 Å². The summed E-state index contributed by atoms with van der Waals surface area (Å²) in [5.74, 6) is -4.15. The molecular weight excluding hydrogens is 778 g/mol. The summed E-state index contributed by atoms with van der Waals surface area (Å²) in [5, 5.41) is 15.8. The number of anilines is 1. The SMILES string of the molecule is C=CCCC(=O)N[C@H](COC)[C@H](OC(=O)[C@H]1[C@@H]2O[C@@]3(CC2Br)[C@@H]1C(=O)N([C@@H](CO)[C@@H](C)CC)[C@@H]3C(=O)N(CC=C)c1ccc2ccccc2c1)c1ccccc1. The lowest BCUT2D eigenvalue weighted by atomic mass is 9.70. The molecule has 2 N–H and O–H groups in total. The number of halogens is 1. The molecule has 2 bridgehead atoms. The van der Waals surface area contributed by atoms with Gasteiger partial charge in [-0.1, -0.05) is 109 Å². The molecule has 3 heterocycles. The first-order valence-electron chi connectivity index (χ1n) is 19.4. The lowest BCUT2D eigenvalue weighted by Crippen LogP contribution is -2.60. The number of hydrogen-bond acceptors (Lipinski definition) is 8. The molecule has 56 heavy (non-hydrogen) atoms. The van der Waals surface area contributed by atoms with Crippen LogP contribution in [0.1, 0.15) is 51.2 Å². The van der Waals surface area contributed by atoms with Crippen LogP contribution in [-0.4, -0.2) is 95.2 Å². The maximum Gasteiger partial charge on any atom is 0.313 e. The van der Waals surface area contributed by atoms with Gasteiger partial charge in [-0.05, 0) is 47.2 Å². The van der Waals surface area contributed by atoms with Crippen LogP contribution < -0.4 is 10.2 Å². The molecule has 1 unspecified atom stereocenters. The number of aliphatic hydroxyl groups excluding tert-OH is 1. The molecule has 11 nitrogen and oxygen atoms in total. The fourth-order valence-corrected chi connectivity index (χ4v) is 9.80. The monoisotopic (exact) mass is 829 g/mol. The normalized spacial score (nSPS) is 25.9. The average molecular weight is 831 g/mol. The molecule has 3 saturated heterocycles. The van der Waals surface area contributed by atoms with Crippen LogP contribution >= 0.6 is 15.9 Å². The highest BCUT2D eigenvalue weighted by atomic mass is 79.9. The highest BCUT2D eigenvalue weighted by Crippen LogP contribution is 2.61. The number of amides is 3. The maximum absolute atomic E-state index is 15.3. The molecule has 12 heteroatoms. The van der Waals surface area contributed by atoms with E-state index in [-0.39, 0.29) is 44.4 Å². The molecular formula is C44H52BrN3O8. The fraction of sp³-hybridized carbons (Fsp3) is 0.455. The van der Waals surface area contributed by atoms with Crippen molar-refractivity contribution in [1.29, 1.82) is 0 Å². The first-order chi connectivity index (χ1) is 27.0. The molecule has 298 valence electrons. The summed E-state index contributed by atoms with van der Waals surface area (Å²) in [5.41, 5.74) is -0.170. The van der Waals surface area contributed by atoms with E-state index in [4.69, 9.17) is 14.2 Å². The van der Waals surface area contributed by atoms with Gasteiger partial charge in [0.1, 0.15) is 17.7 Å². The minimum atomic E-state index is -1.42. The van der Waals surface area contributed by atoms with E-state index in [1.54, 1.807) is 29.2 Å². The summed E-state index contributed by atoms with van der Waals surface area (Å²) in [7, 11) is 1.50. The third kappa shape index (κ3) is 7.68. The number of alkyl halides is 1. The van der Waals surface area contributed by atoms with Gasteiger partial charge in [-0.2, -0.15) is 0 Å². The van der Waals surface area contributed by atoms with Crippen molar-refractivity contribution in [3.8, 4) is 0 Å². The van der Waals surface area contributed by atoms with E-state index in [0.29, 0.717) is 24.1 Å². The van der Waals surface area contributed by atoms with Gasteiger partial charge >= 0.3 is 5.97 Å². The second-order valence-electron chi connectivity index (χ2n) is 15.0. The second kappa shape index (κ2) is 17.8. The number of likely N-dealkylation sites (tertiary alicyclic amines) is 1. The Morgan fingerprint density at radius 2 is 1.80 bits per heavy atom. The lowest BCUT2D eigenvalue weighted by molar-refractivity contribution is -0.163. The van der Waals surface area contributed by atoms with E-state index >= 15 is 9.59 Å². The summed E-state index contributed by atoms with van der Waals surface area (Å²) in [6, 6.07) is 20.0. The Morgan fingerprint density at radius 1 is 1.09 bits per heavy atom. The quantitative estimate of drug-likeness (QED) is 0.0921. The largest absolute Gasteiger partial charge is 0.455 e. The number of rotatable bonds is 18. The maximum atomic E-state index is 15.3. The van der Waals surface area contributed by atoms with Gasteiger partial charge < -0.3 is 34.4 Å². The molecule has 3 aliphatic rings. The van der Waals surface area contributed by atoms with Crippen molar-refractivity contribution >= 4 is 56.1 Å². The molecule has 6 rings (SSSR count). The van der Waals surface area contributed by atoms with Gasteiger partial charge in [-0.3, -0.25) is 19.2 Å². The van der Waals surface area contributed by atoms with E-state index in [2.05, 4.69) is 34.4 Å². The van der Waals surface area contributed by atoms with Crippen molar-refractivity contribution in [2.75, 3.05) is 31.8 Å². The molecule has 0 aromatic heterocycles. The zero-order valence-corrected chi connectivity index (χ0v) is 33.8. The molecule has 3 amide bonds. The first-order valence-corrected chi connectivity index (χ1v) is 20.3. The fourth-order valence-electron chi connectivity index (χ4n) is 8.86. The molecule has 3 aromatic rings. The minimum absolute atomic E-state index is 0.0377. The van der Waals surface area contributed by atoms with Crippen molar-refractivity contribution in [2.24, 2.45) is 17.8 Å². The summed E-state index contributed by atoms with van der Waals surface area (Å²) in [6.45, 7) is 11.4. The molecule has 3 aliphatic heterocycles. The van der Waals surface area contributed by atoms with Crippen molar-refractivity contribution in [1.82, 2.24) is 10.2 Å². The Hall–Kier alpha value is -4.36. The van der Waals surface area contributed by atoms with Gasteiger partial charge in [0.25, 0.3) is 5.91 Å². The Morgan fingerprint density at radius 3 is 2.46 bits per heavy atom. The highest BCUT2D eigenvalue weighted by molar-refractivity contribution is 9.09. The number of fused-ring (bicyclic) bond motifs is 2. The van der Waals surface area contributed by atoms with Crippen LogP contribution in [0.15, 0.2) is 98.1 Å². The summed E-state index contributed by atoms with van der Waals surface area (Å²) >= 11 is 3.77. The van der Waals surface area contributed by atoms with Crippen molar-refractivity contribution < 1.29 is 38.5 Å². The third-order valence-corrected chi connectivity index (χ3v) is 12.6. The van der Waals surface area contributed by atoms with Crippen LogP contribution in [0.2, 0.25) is 0 Å². The second-order valence-corrected chi connectivity index (χ2v) is 16.2. The zero-order valence-electron chi connectivity index (χ0n) is 32.2. The number of aliphatic hydroxyl groups is 1. The van der Waals surface area contributed by atoms with Gasteiger partial charge in [0.15, 0.2) is 0 Å². The topological polar surface area (TPSA) is 135 Å².